The van der Waals surface area contributed by atoms with E-state index in [0.717, 1.165) is 16.8 Å². The molecule has 0 unspecified atom stereocenters. The lowest BCUT2D eigenvalue weighted by atomic mass is 10.0. The van der Waals surface area contributed by atoms with Crippen LogP contribution in [-0.4, -0.2) is 16.8 Å². The molecular weight excluding hydrogens is 398 g/mol. The van der Waals surface area contributed by atoms with Crippen LogP contribution >= 0.6 is 0 Å². The second kappa shape index (κ2) is 9.71. The third-order valence-corrected chi connectivity index (χ3v) is 5.18. The van der Waals surface area contributed by atoms with Crippen molar-refractivity contribution < 1.29 is 9.59 Å². The van der Waals surface area contributed by atoms with Gasteiger partial charge < -0.3 is 10.6 Å². The number of nitrogens with one attached hydrogen (secondary N) is 2. The van der Waals surface area contributed by atoms with Crippen molar-refractivity contribution in [3.63, 3.8) is 0 Å². The number of rotatable bonds is 6. The third kappa shape index (κ3) is 4.90. The number of benzene rings is 3. The fourth-order valence-electron chi connectivity index (χ4n) is 3.42. The van der Waals surface area contributed by atoms with Gasteiger partial charge in [0.05, 0.1) is 11.7 Å². The Labute approximate surface area is 187 Å². The lowest BCUT2D eigenvalue weighted by Gasteiger charge is -2.19. The predicted molar refractivity (Wildman–Crippen MR) is 126 cm³/mol. The molecule has 0 radical (unpaired) electrons. The van der Waals surface area contributed by atoms with Crippen LogP contribution in [0.1, 0.15) is 43.6 Å². The van der Waals surface area contributed by atoms with Gasteiger partial charge in [0.1, 0.15) is 0 Å². The first kappa shape index (κ1) is 21.0. The van der Waals surface area contributed by atoms with E-state index >= 15 is 0 Å². The summed E-state index contributed by atoms with van der Waals surface area (Å²) < 4.78 is 0. The third-order valence-electron chi connectivity index (χ3n) is 5.18. The van der Waals surface area contributed by atoms with Gasteiger partial charge in [0.25, 0.3) is 11.8 Å². The fourth-order valence-corrected chi connectivity index (χ4v) is 3.42. The summed E-state index contributed by atoms with van der Waals surface area (Å²) in [6.07, 6.45) is 1.71. The second-order valence-corrected chi connectivity index (χ2v) is 7.42. The minimum absolute atomic E-state index is 0.220. The van der Waals surface area contributed by atoms with E-state index in [2.05, 4.69) is 15.6 Å². The molecule has 1 heterocycles. The molecule has 2 amide bonds. The summed E-state index contributed by atoms with van der Waals surface area (Å²) in [4.78, 5) is 30.2. The Morgan fingerprint density at radius 2 is 1.44 bits per heavy atom. The van der Waals surface area contributed by atoms with Crippen LogP contribution in [0.3, 0.4) is 0 Å². The maximum absolute atomic E-state index is 13.2. The number of aryl methyl sites for hydroxylation is 1. The Kier molecular flexibility index (Phi) is 6.37. The Morgan fingerprint density at radius 3 is 2.12 bits per heavy atom. The van der Waals surface area contributed by atoms with Gasteiger partial charge in [-0.25, -0.2) is 0 Å². The molecule has 4 rings (SSSR count). The van der Waals surface area contributed by atoms with Gasteiger partial charge in [-0.2, -0.15) is 0 Å². The van der Waals surface area contributed by atoms with Gasteiger partial charge in [0, 0.05) is 23.0 Å². The van der Waals surface area contributed by atoms with Crippen molar-refractivity contribution in [1.82, 2.24) is 10.3 Å². The van der Waals surface area contributed by atoms with Crippen LogP contribution in [0.5, 0.6) is 0 Å². The highest BCUT2D eigenvalue weighted by molar-refractivity contribution is 6.05. The molecule has 0 aliphatic carbocycles. The zero-order chi connectivity index (χ0) is 22.3. The number of carbonyl (C=O) groups is 2. The van der Waals surface area contributed by atoms with Crippen LogP contribution in [0.25, 0.3) is 0 Å². The van der Waals surface area contributed by atoms with Gasteiger partial charge in [-0.1, -0.05) is 60.7 Å². The van der Waals surface area contributed by atoms with E-state index in [1.165, 1.54) is 0 Å². The lowest BCUT2D eigenvalue weighted by molar-refractivity contribution is 0.0941. The Bertz CT molecular complexity index is 1170. The Balaban J connectivity index is 1.58. The van der Waals surface area contributed by atoms with E-state index in [4.69, 9.17) is 0 Å². The van der Waals surface area contributed by atoms with Crippen molar-refractivity contribution >= 4 is 17.5 Å². The van der Waals surface area contributed by atoms with Gasteiger partial charge in [-0.3, -0.25) is 14.6 Å². The first-order valence-electron chi connectivity index (χ1n) is 10.4. The highest BCUT2D eigenvalue weighted by Crippen LogP contribution is 2.22. The highest BCUT2D eigenvalue weighted by Gasteiger charge is 2.19. The predicted octanol–water partition coefficient (Wildman–Crippen LogP) is 5.16. The highest BCUT2D eigenvalue weighted by atomic mass is 16.2. The average Bonchev–Trinajstić information content (AvgIpc) is 2.85. The van der Waals surface area contributed by atoms with E-state index in [-0.39, 0.29) is 11.8 Å². The molecule has 0 spiro atoms. The quantitative estimate of drug-likeness (QED) is 0.452. The van der Waals surface area contributed by atoms with Gasteiger partial charge in [0.15, 0.2) is 0 Å². The van der Waals surface area contributed by atoms with Crippen molar-refractivity contribution in [2.75, 3.05) is 5.32 Å². The molecule has 0 saturated heterocycles. The van der Waals surface area contributed by atoms with Gasteiger partial charge >= 0.3 is 0 Å². The van der Waals surface area contributed by atoms with E-state index in [1.54, 1.807) is 30.5 Å². The lowest BCUT2D eigenvalue weighted by Crippen LogP contribution is -2.30. The number of nitrogens with zero attached hydrogens (tertiary/aromatic N) is 1. The van der Waals surface area contributed by atoms with Crippen LogP contribution in [0.2, 0.25) is 0 Å². The molecule has 158 valence electrons. The molecule has 2 N–H and O–H groups in total. The topological polar surface area (TPSA) is 71.1 Å². The summed E-state index contributed by atoms with van der Waals surface area (Å²) >= 11 is 0. The summed E-state index contributed by atoms with van der Waals surface area (Å²) in [7, 11) is 0. The summed E-state index contributed by atoms with van der Waals surface area (Å²) in [5.74, 6) is -0.471. The number of carbonyl (C=O) groups excluding carboxylic acids is 2. The smallest absolute Gasteiger partial charge is 0.255 e. The van der Waals surface area contributed by atoms with E-state index in [0.29, 0.717) is 16.8 Å². The summed E-state index contributed by atoms with van der Waals surface area (Å²) in [5, 5.41) is 5.99. The number of hydrogen-bond acceptors (Lipinski definition) is 3. The molecule has 0 fully saturated rings. The van der Waals surface area contributed by atoms with E-state index < -0.39 is 6.04 Å². The first-order valence-corrected chi connectivity index (χ1v) is 10.4. The molecule has 5 heteroatoms. The van der Waals surface area contributed by atoms with Crippen LogP contribution < -0.4 is 10.6 Å². The SMILES string of the molecule is Cc1ccc(C(=O)N[C@@H](c2ccccc2)c2ccccn2)cc1NC(=O)c1ccccc1. The molecule has 0 saturated carbocycles. The molecule has 0 aliphatic heterocycles. The maximum atomic E-state index is 13.2. The van der Waals surface area contributed by atoms with E-state index in [9.17, 15) is 9.59 Å². The number of pyridine rings is 1. The van der Waals surface area contributed by atoms with Crippen LogP contribution in [0.4, 0.5) is 5.69 Å². The minimum Gasteiger partial charge on any atom is -0.340 e. The average molecular weight is 422 g/mol. The Hall–Kier alpha value is -4.25. The summed E-state index contributed by atoms with van der Waals surface area (Å²) in [5.41, 5.74) is 4.16. The van der Waals surface area contributed by atoms with Crippen LogP contribution in [-0.2, 0) is 0 Å². The van der Waals surface area contributed by atoms with Crippen LogP contribution in [0.15, 0.2) is 103 Å². The summed E-state index contributed by atoms with van der Waals surface area (Å²) in [6.45, 7) is 1.89. The first-order chi connectivity index (χ1) is 15.6. The zero-order valence-electron chi connectivity index (χ0n) is 17.7. The summed E-state index contributed by atoms with van der Waals surface area (Å²) in [6, 6.07) is 29.2. The number of anilines is 1. The van der Waals surface area contributed by atoms with Crippen LogP contribution in [0, 0.1) is 6.92 Å². The fraction of sp³-hybridized carbons (Fsp3) is 0.0741. The maximum Gasteiger partial charge on any atom is 0.255 e. The molecule has 3 aromatic carbocycles. The molecule has 32 heavy (non-hydrogen) atoms. The molecule has 1 aromatic heterocycles. The van der Waals surface area contributed by atoms with Crippen molar-refractivity contribution in [3.05, 3.63) is 131 Å². The van der Waals surface area contributed by atoms with Crippen molar-refractivity contribution in [2.24, 2.45) is 0 Å². The number of hydrogen-bond donors (Lipinski definition) is 2. The normalized spacial score (nSPS) is 11.4. The second-order valence-electron chi connectivity index (χ2n) is 7.42. The Morgan fingerprint density at radius 1 is 0.750 bits per heavy atom. The monoisotopic (exact) mass is 421 g/mol. The molecular formula is C27H23N3O2. The van der Waals surface area contributed by atoms with Crippen molar-refractivity contribution in [2.45, 2.75) is 13.0 Å². The molecule has 4 aromatic rings. The van der Waals surface area contributed by atoms with Gasteiger partial charge in [-0.15, -0.1) is 0 Å². The minimum atomic E-state index is -0.395. The molecule has 0 bridgehead atoms. The zero-order valence-corrected chi connectivity index (χ0v) is 17.7. The molecule has 0 aliphatic rings. The number of amides is 2. The molecule has 1 atom stereocenters. The standard InChI is InChI=1S/C27H23N3O2/c1-19-15-16-22(18-24(19)29-26(31)21-12-6-3-7-13-21)27(32)30-25(20-10-4-2-5-11-20)23-14-8-9-17-28-23/h2-18,25H,1H3,(H,29,31)(H,30,32)/t25-/m0/s1. The number of aromatic nitrogens is 1. The molecule has 5 nitrogen and oxygen atoms in total. The van der Waals surface area contributed by atoms with Crippen molar-refractivity contribution in [1.29, 1.82) is 0 Å². The van der Waals surface area contributed by atoms with Gasteiger partial charge in [-0.05, 0) is 54.4 Å². The largest absolute Gasteiger partial charge is 0.340 e. The van der Waals surface area contributed by atoms with E-state index in [1.807, 2.05) is 79.7 Å². The van der Waals surface area contributed by atoms with Gasteiger partial charge in [0.2, 0.25) is 0 Å². The van der Waals surface area contributed by atoms with Crippen molar-refractivity contribution in [3.8, 4) is 0 Å².